The highest BCUT2D eigenvalue weighted by molar-refractivity contribution is 7.89. The Labute approximate surface area is 139 Å². The lowest BCUT2D eigenvalue weighted by molar-refractivity contribution is -0.155. The number of ether oxygens (including phenoxy) is 1. The van der Waals surface area contributed by atoms with Crippen molar-refractivity contribution in [3.8, 4) is 0 Å². The lowest BCUT2D eigenvalue weighted by Gasteiger charge is -2.16. The second kappa shape index (κ2) is 7.88. The van der Waals surface area contributed by atoms with Gasteiger partial charge in [-0.05, 0) is 38.1 Å². The van der Waals surface area contributed by atoms with Crippen LogP contribution < -0.4 is 15.8 Å². The molecule has 0 aliphatic rings. The summed E-state index contributed by atoms with van der Waals surface area (Å²) in [7, 11) is -3.99. The molecular weight excluding hydrogens is 338 g/mol. The Hall–Kier alpha value is -2.46. The molecule has 0 bridgehead atoms. The van der Waals surface area contributed by atoms with E-state index in [0.717, 1.165) is 0 Å². The van der Waals surface area contributed by atoms with E-state index >= 15 is 0 Å². The lowest BCUT2D eigenvalue weighted by Crippen LogP contribution is -2.42. The van der Waals surface area contributed by atoms with Crippen molar-refractivity contribution in [2.75, 3.05) is 5.32 Å². The maximum absolute atomic E-state index is 12.2. The smallest absolute Gasteiger partial charge is 0.324 e. The second-order valence-corrected chi connectivity index (χ2v) is 6.74. The number of nitrogens with two attached hydrogens (primary N) is 1. The second-order valence-electron chi connectivity index (χ2n) is 5.03. The van der Waals surface area contributed by atoms with Crippen LogP contribution in [0, 0.1) is 0 Å². The first-order valence-corrected chi connectivity index (χ1v) is 8.41. The topological polar surface area (TPSA) is 145 Å². The number of carbonyl (C=O) groups excluding carboxylic acids is 3. The summed E-state index contributed by atoms with van der Waals surface area (Å²) in [4.78, 5) is 33.4. The molecule has 132 valence electrons. The van der Waals surface area contributed by atoms with Crippen molar-refractivity contribution in [1.82, 2.24) is 4.72 Å². The number of sulfonamides is 1. The average Bonchev–Trinajstić information content (AvgIpc) is 2.46. The van der Waals surface area contributed by atoms with Gasteiger partial charge in [-0.15, -0.1) is 0 Å². The lowest BCUT2D eigenvalue weighted by atomic mass is 10.3. The van der Waals surface area contributed by atoms with Gasteiger partial charge in [0.25, 0.3) is 5.91 Å². The molecule has 0 fully saturated rings. The summed E-state index contributed by atoms with van der Waals surface area (Å²) in [5.41, 5.74) is 5.40. The predicted molar refractivity (Wildman–Crippen MR) is 85.3 cm³/mol. The number of amides is 2. The Morgan fingerprint density at radius 3 is 2.12 bits per heavy atom. The van der Waals surface area contributed by atoms with Crippen LogP contribution in [0.4, 0.5) is 5.69 Å². The highest BCUT2D eigenvalue weighted by Crippen LogP contribution is 2.14. The summed E-state index contributed by atoms with van der Waals surface area (Å²) in [6, 6.07) is 4.16. The summed E-state index contributed by atoms with van der Waals surface area (Å²) in [5.74, 6) is -2.06. The Morgan fingerprint density at radius 1 is 1.12 bits per heavy atom. The SMILES string of the molecule is CC(=O)Nc1ccc(S(=O)(=O)N[C@@H](C)C(=O)O[C@@H](C)C(N)=O)cc1. The minimum atomic E-state index is -3.99. The van der Waals surface area contributed by atoms with Crippen LogP contribution in [0.25, 0.3) is 0 Å². The molecule has 4 N–H and O–H groups in total. The van der Waals surface area contributed by atoms with Crippen LogP contribution >= 0.6 is 0 Å². The molecule has 9 nitrogen and oxygen atoms in total. The van der Waals surface area contributed by atoms with E-state index in [1.54, 1.807) is 0 Å². The fraction of sp³-hybridized carbons (Fsp3) is 0.357. The number of rotatable bonds is 7. The van der Waals surface area contributed by atoms with Crippen LogP contribution in [0.3, 0.4) is 0 Å². The zero-order chi connectivity index (χ0) is 18.5. The number of hydrogen-bond donors (Lipinski definition) is 3. The highest BCUT2D eigenvalue weighted by Gasteiger charge is 2.25. The van der Waals surface area contributed by atoms with Gasteiger partial charge in [-0.3, -0.25) is 14.4 Å². The summed E-state index contributed by atoms with van der Waals surface area (Å²) in [6.45, 7) is 3.88. The first-order valence-electron chi connectivity index (χ1n) is 6.92. The maximum Gasteiger partial charge on any atom is 0.324 e. The van der Waals surface area contributed by atoms with Crippen LogP contribution in [0.2, 0.25) is 0 Å². The number of esters is 1. The molecule has 0 radical (unpaired) electrons. The van der Waals surface area contributed by atoms with Crippen molar-refractivity contribution in [2.45, 2.75) is 37.8 Å². The van der Waals surface area contributed by atoms with Gasteiger partial charge in [0.2, 0.25) is 15.9 Å². The number of hydrogen-bond acceptors (Lipinski definition) is 6. The fourth-order valence-electron chi connectivity index (χ4n) is 1.60. The van der Waals surface area contributed by atoms with Crippen molar-refractivity contribution in [2.24, 2.45) is 5.73 Å². The minimum Gasteiger partial charge on any atom is -0.451 e. The van der Waals surface area contributed by atoms with Crippen molar-refractivity contribution in [3.05, 3.63) is 24.3 Å². The zero-order valence-corrected chi connectivity index (χ0v) is 14.2. The third-order valence-corrected chi connectivity index (χ3v) is 4.42. The third kappa shape index (κ3) is 5.63. The van der Waals surface area contributed by atoms with Crippen LogP contribution in [-0.2, 0) is 29.1 Å². The predicted octanol–water partition coefficient (Wildman–Crippen LogP) is -0.271. The van der Waals surface area contributed by atoms with E-state index in [1.807, 2.05) is 0 Å². The van der Waals surface area contributed by atoms with Crippen molar-refractivity contribution in [1.29, 1.82) is 0 Å². The number of primary amides is 1. The molecule has 0 spiro atoms. The Kier molecular flexibility index (Phi) is 6.43. The van der Waals surface area contributed by atoms with Gasteiger partial charge in [0.15, 0.2) is 6.10 Å². The van der Waals surface area contributed by atoms with Crippen LogP contribution in [0.1, 0.15) is 20.8 Å². The Morgan fingerprint density at radius 2 is 1.67 bits per heavy atom. The molecule has 1 aromatic carbocycles. The van der Waals surface area contributed by atoms with Crippen molar-refractivity contribution >= 4 is 33.5 Å². The largest absolute Gasteiger partial charge is 0.451 e. The molecule has 0 heterocycles. The molecule has 2 amide bonds. The van der Waals surface area contributed by atoms with E-state index < -0.39 is 34.0 Å². The highest BCUT2D eigenvalue weighted by atomic mass is 32.2. The van der Waals surface area contributed by atoms with E-state index in [-0.39, 0.29) is 10.8 Å². The van der Waals surface area contributed by atoms with E-state index in [4.69, 9.17) is 10.5 Å². The summed E-state index contributed by atoms with van der Waals surface area (Å²) in [6.07, 6.45) is -1.17. The molecule has 0 aromatic heterocycles. The quantitative estimate of drug-likeness (QED) is 0.573. The molecule has 24 heavy (non-hydrogen) atoms. The van der Waals surface area contributed by atoms with Crippen LogP contribution in [0.15, 0.2) is 29.2 Å². The molecule has 1 rings (SSSR count). The van der Waals surface area contributed by atoms with Gasteiger partial charge < -0.3 is 15.8 Å². The molecule has 0 saturated carbocycles. The number of nitrogens with one attached hydrogen (secondary N) is 2. The Balaban J connectivity index is 2.79. The van der Waals surface area contributed by atoms with Crippen LogP contribution in [0.5, 0.6) is 0 Å². The van der Waals surface area contributed by atoms with Gasteiger partial charge in [-0.25, -0.2) is 8.42 Å². The van der Waals surface area contributed by atoms with E-state index in [9.17, 15) is 22.8 Å². The van der Waals surface area contributed by atoms with Gasteiger partial charge >= 0.3 is 5.97 Å². The molecule has 0 aliphatic heterocycles. The number of anilines is 1. The van der Waals surface area contributed by atoms with Gasteiger partial charge in [-0.2, -0.15) is 4.72 Å². The molecule has 10 heteroatoms. The third-order valence-electron chi connectivity index (χ3n) is 2.86. The minimum absolute atomic E-state index is 0.0980. The number of carbonyl (C=O) groups is 3. The van der Waals surface area contributed by atoms with Gasteiger partial charge in [-0.1, -0.05) is 0 Å². The maximum atomic E-state index is 12.2. The van der Waals surface area contributed by atoms with Crippen molar-refractivity contribution in [3.63, 3.8) is 0 Å². The van der Waals surface area contributed by atoms with Gasteiger partial charge in [0.1, 0.15) is 6.04 Å². The standard InChI is InChI=1S/C14H19N3O6S/c1-8(14(20)23-9(2)13(15)19)17-24(21,22)12-6-4-11(5-7-12)16-10(3)18/h4-9,17H,1-3H3,(H2,15,19)(H,16,18)/t8-,9-/m0/s1. The zero-order valence-electron chi connectivity index (χ0n) is 13.4. The summed E-state index contributed by atoms with van der Waals surface area (Å²) >= 11 is 0. The van der Waals surface area contributed by atoms with Gasteiger partial charge in [0.05, 0.1) is 4.90 Å². The summed E-state index contributed by atoms with van der Waals surface area (Å²) in [5, 5.41) is 2.50. The molecule has 2 atom stereocenters. The van der Waals surface area contributed by atoms with E-state index in [2.05, 4.69) is 10.0 Å². The molecule has 1 aromatic rings. The Bertz CT molecular complexity index is 729. The molecule has 0 saturated heterocycles. The molecule has 0 aliphatic carbocycles. The van der Waals surface area contributed by atoms with Crippen molar-refractivity contribution < 1.29 is 27.5 Å². The molecule has 0 unspecified atom stereocenters. The monoisotopic (exact) mass is 357 g/mol. The summed E-state index contributed by atoms with van der Waals surface area (Å²) < 4.78 is 31.3. The fourth-order valence-corrected chi connectivity index (χ4v) is 2.80. The van der Waals surface area contributed by atoms with E-state index in [0.29, 0.717) is 5.69 Å². The number of benzene rings is 1. The average molecular weight is 357 g/mol. The van der Waals surface area contributed by atoms with E-state index in [1.165, 1.54) is 45.0 Å². The molecular formula is C14H19N3O6S. The first-order chi connectivity index (χ1) is 11.0. The van der Waals surface area contributed by atoms with Crippen LogP contribution in [-0.4, -0.2) is 38.3 Å². The first kappa shape index (κ1) is 19.6. The normalized spacial score (nSPS) is 13.6. The van der Waals surface area contributed by atoms with Gasteiger partial charge in [0, 0.05) is 12.6 Å².